The second-order valence-electron chi connectivity index (χ2n) is 11.1. The maximum atomic E-state index is 13.1. The monoisotopic (exact) mass is 601 g/mol. The van der Waals surface area contributed by atoms with E-state index in [0.717, 1.165) is 0 Å². The van der Waals surface area contributed by atoms with Crippen molar-refractivity contribution in [1.29, 1.82) is 0 Å². The molecular weight excluding hydrogens is 554 g/mol. The van der Waals surface area contributed by atoms with Crippen molar-refractivity contribution in [2.45, 2.75) is 91.7 Å². The normalized spacial score (nSPS) is 15.5. The number of rotatable bonds is 17. The van der Waals surface area contributed by atoms with Crippen molar-refractivity contribution >= 4 is 41.4 Å². The van der Waals surface area contributed by atoms with Crippen molar-refractivity contribution in [3.05, 3.63) is 0 Å². The second-order valence-corrected chi connectivity index (χ2v) is 11.1. The van der Waals surface area contributed by atoms with E-state index in [2.05, 4.69) is 31.9 Å². The van der Waals surface area contributed by atoms with E-state index >= 15 is 0 Å². The predicted octanol–water partition coefficient (Wildman–Crippen LogP) is -3.06. The Morgan fingerprint density at radius 3 is 1.40 bits per heavy atom. The van der Waals surface area contributed by atoms with E-state index in [1.807, 2.05) is 0 Å². The number of aliphatic carboxylic acids is 1. The molecule has 0 aliphatic rings. The lowest BCUT2D eigenvalue weighted by Gasteiger charge is -2.29. The fourth-order valence-corrected chi connectivity index (χ4v) is 3.41. The van der Waals surface area contributed by atoms with Gasteiger partial charge in [0.2, 0.25) is 35.4 Å². The molecule has 0 saturated heterocycles. The summed E-state index contributed by atoms with van der Waals surface area (Å²) in [6.45, 7) is 11.7. The minimum Gasteiger partial charge on any atom is -0.480 e. The van der Waals surface area contributed by atoms with Gasteiger partial charge in [0.15, 0.2) is 6.04 Å². The van der Waals surface area contributed by atoms with Crippen LogP contribution < -0.4 is 37.6 Å². The fraction of sp³-hybridized carbons (Fsp3) is 0.731. The van der Waals surface area contributed by atoms with Gasteiger partial charge in [-0.15, -0.1) is 0 Å². The lowest BCUT2D eigenvalue weighted by molar-refractivity contribution is -0.145. The van der Waals surface area contributed by atoms with Crippen LogP contribution in [0.5, 0.6) is 0 Å². The summed E-state index contributed by atoms with van der Waals surface area (Å²) >= 11 is 0. The molecule has 0 aromatic rings. The number of carbonyl (C=O) groups is 7. The Balaban J connectivity index is 5.09. The molecule has 16 nitrogen and oxygen atoms in total. The van der Waals surface area contributed by atoms with Crippen LogP contribution in [0.25, 0.3) is 0 Å². The summed E-state index contributed by atoms with van der Waals surface area (Å²) in [5, 5.41) is 33.2. The van der Waals surface area contributed by atoms with Crippen LogP contribution in [-0.2, 0) is 33.6 Å². The molecule has 0 fully saturated rings. The smallest absolute Gasteiger partial charge is 0.328 e. The zero-order valence-electron chi connectivity index (χ0n) is 25.4. The molecule has 10 N–H and O–H groups in total. The summed E-state index contributed by atoms with van der Waals surface area (Å²) in [7, 11) is 0. The van der Waals surface area contributed by atoms with Gasteiger partial charge in [0.25, 0.3) is 0 Å². The van der Waals surface area contributed by atoms with Gasteiger partial charge in [0.05, 0.1) is 25.2 Å². The van der Waals surface area contributed by atoms with Crippen LogP contribution in [0, 0.1) is 17.8 Å². The molecule has 0 aliphatic carbocycles. The van der Waals surface area contributed by atoms with Crippen LogP contribution in [0.1, 0.15) is 55.4 Å². The van der Waals surface area contributed by atoms with Crippen LogP contribution in [0.4, 0.5) is 0 Å². The molecular formula is C26H47N7O9. The molecule has 0 rings (SSSR count). The predicted molar refractivity (Wildman–Crippen MR) is 151 cm³/mol. The molecule has 0 saturated carbocycles. The number of carboxylic acids is 1. The molecule has 0 radical (unpaired) electrons. The van der Waals surface area contributed by atoms with Gasteiger partial charge in [-0.3, -0.25) is 28.8 Å². The first-order chi connectivity index (χ1) is 19.3. The molecule has 0 aliphatic heterocycles. The molecule has 240 valence electrons. The standard InChI is InChI=1S/C26H47N7O9/c1-11(2)18(27)23(38)29-9-16(35)28-10-17(36)30-14(7)22(37)31-19(12(3)4)24(39)32-20(13(5)6)25(40)33-21(15(8)34)26(41)42/h11-15,18-21,34H,9-10,27H2,1-8H3,(H,28,35)(H,29,38)(H,30,36)(H,31,37)(H,32,39)(H,33,40)(H,41,42)/t14-,15+,18-,19-,20-,21-/m0/s1. The third-order valence-corrected chi connectivity index (χ3v) is 6.20. The van der Waals surface area contributed by atoms with Gasteiger partial charge >= 0.3 is 5.97 Å². The quantitative estimate of drug-likeness (QED) is 0.0813. The van der Waals surface area contributed by atoms with Crippen LogP contribution in [-0.4, -0.2) is 101 Å². The molecule has 6 amide bonds. The van der Waals surface area contributed by atoms with Crippen molar-refractivity contribution in [2.75, 3.05) is 13.1 Å². The fourth-order valence-electron chi connectivity index (χ4n) is 3.41. The zero-order valence-corrected chi connectivity index (χ0v) is 25.4. The van der Waals surface area contributed by atoms with E-state index in [-0.39, 0.29) is 12.5 Å². The molecule has 0 aromatic heterocycles. The average molecular weight is 602 g/mol. The first-order valence-electron chi connectivity index (χ1n) is 13.7. The van der Waals surface area contributed by atoms with Gasteiger partial charge in [0, 0.05) is 0 Å². The lowest BCUT2D eigenvalue weighted by atomic mass is 9.99. The van der Waals surface area contributed by atoms with E-state index < -0.39 is 96.1 Å². The average Bonchev–Trinajstić information content (AvgIpc) is 2.88. The minimum atomic E-state index is -1.59. The largest absolute Gasteiger partial charge is 0.480 e. The van der Waals surface area contributed by atoms with Crippen LogP contribution in [0.3, 0.4) is 0 Å². The number of aliphatic hydroxyl groups is 1. The molecule has 0 aromatic carbocycles. The van der Waals surface area contributed by atoms with Crippen molar-refractivity contribution in [3.8, 4) is 0 Å². The summed E-state index contributed by atoms with van der Waals surface area (Å²) in [6.07, 6.45) is -1.39. The minimum absolute atomic E-state index is 0.128. The third kappa shape index (κ3) is 13.2. The molecule has 16 heteroatoms. The number of hydrogen-bond acceptors (Lipinski definition) is 9. The number of hydrogen-bond donors (Lipinski definition) is 9. The zero-order chi connectivity index (χ0) is 32.9. The first-order valence-corrected chi connectivity index (χ1v) is 13.7. The molecule has 0 spiro atoms. The Bertz CT molecular complexity index is 985. The van der Waals surface area contributed by atoms with E-state index in [1.165, 1.54) is 13.8 Å². The molecule has 0 unspecified atom stereocenters. The summed E-state index contributed by atoms with van der Waals surface area (Å²) in [5.74, 6) is -6.63. The van der Waals surface area contributed by atoms with Crippen LogP contribution in [0.15, 0.2) is 0 Å². The summed E-state index contributed by atoms with van der Waals surface area (Å²) in [6, 6.07) is -5.79. The van der Waals surface area contributed by atoms with Gasteiger partial charge in [0.1, 0.15) is 18.1 Å². The maximum absolute atomic E-state index is 13.1. The van der Waals surface area contributed by atoms with Gasteiger partial charge in [-0.25, -0.2) is 4.79 Å². The maximum Gasteiger partial charge on any atom is 0.328 e. The van der Waals surface area contributed by atoms with Gasteiger partial charge in [-0.1, -0.05) is 41.5 Å². The second kappa shape index (κ2) is 17.9. The molecule has 0 heterocycles. The highest BCUT2D eigenvalue weighted by atomic mass is 16.4. The van der Waals surface area contributed by atoms with Crippen LogP contribution >= 0.6 is 0 Å². The van der Waals surface area contributed by atoms with E-state index in [4.69, 9.17) is 5.73 Å². The topological polar surface area (TPSA) is 258 Å². The van der Waals surface area contributed by atoms with E-state index in [9.17, 15) is 43.8 Å². The molecule has 42 heavy (non-hydrogen) atoms. The highest BCUT2D eigenvalue weighted by Gasteiger charge is 2.34. The Labute approximate surface area is 245 Å². The van der Waals surface area contributed by atoms with Crippen molar-refractivity contribution in [3.63, 3.8) is 0 Å². The highest BCUT2D eigenvalue weighted by molar-refractivity contribution is 5.95. The van der Waals surface area contributed by atoms with Gasteiger partial charge < -0.3 is 47.8 Å². The summed E-state index contributed by atoms with van der Waals surface area (Å²) in [5.41, 5.74) is 5.69. The van der Waals surface area contributed by atoms with Crippen molar-refractivity contribution in [2.24, 2.45) is 23.5 Å². The Hall–Kier alpha value is -3.79. The summed E-state index contributed by atoms with van der Waals surface area (Å²) < 4.78 is 0. The number of carbonyl (C=O) groups excluding carboxylic acids is 6. The number of amides is 6. The molecule has 0 bridgehead atoms. The Morgan fingerprint density at radius 2 is 1.00 bits per heavy atom. The van der Waals surface area contributed by atoms with Gasteiger partial charge in [-0.2, -0.15) is 0 Å². The van der Waals surface area contributed by atoms with Gasteiger partial charge in [-0.05, 0) is 31.6 Å². The highest BCUT2D eigenvalue weighted by Crippen LogP contribution is 2.08. The number of carboxylic acid groups (broad SMARTS) is 1. The lowest BCUT2D eigenvalue weighted by Crippen LogP contribution is -2.60. The SMILES string of the molecule is CC(C)[C@H](N)C(=O)NCC(=O)NCC(=O)N[C@@H](C)C(=O)N[C@H](C(=O)N[C@H](C(=O)N[C@H](C(=O)O)[C@@H](C)O)C(C)C)C(C)C. The first kappa shape index (κ1) is 38.2. The number of nitrogens with two attached hydrogens (primary N) is 1. The Kier molecular flexibility index (Phi) is 16.3. The Morgan fingerprint density at radius 1 is 0.571 bits per heavy atom. The van der Waals surface area contributed by atoms with Crippen molar-refractivity contribution in [1.82, 2.24) is 31.9 Å². The van der Waals surface area contributed by atoms with E-state index in [1.54, 1.807) is 41.5 Å². The third-order valence-electron chi connectivity index (χ3n) is 6.20. The van der Waals surface area contributed by atoms with Crippen molar-refractivity contribution < 1.29 is 43.8 Å². The van der Waals surface area contributed by atoms with E-state index in [0.29, 0.717) is 0 Å². The summed E-state index contributed by atoms with van der Waals surface area (Å²) in [4.78, 5) is 85.9. The van der Waals surface area contributed by atoms with Crippen LogP contribution in [0.2, 0.25) is 0 Å². The number of nitrogens with one attached hydrogen (secondary N) is 6. The number of aliphatic hydroxyl groups excluding tert-OH is 1. The molecule has 6 atom stereocenters.